The molecule has 0 unspecified atom stereocenters. The second-order valence-corrected chi connectivity index (χ2v) is 3.66. The Balaban J connectivity index is 2.89. The van der Waals surface area contributed by atoms with E-state index in [1.165, 1.54) is 0 Å². The first-order valence-corrected chi connectivity index (χ1v) is 5.47. The molecule has 0 atom stereocenters. The maximum absolute atomic E-state index is 9.13. The Morgan fingerprint density at radius 3 is 2.57 bits per heavy atom. The first-order valence-electron chi connectivity index (χ1n) is 5.09. The zero-order chi connectivity index (χ0) is 10.6. The summed E-state index contributed by atoms with van der Waals surface area (Å²) >= 11 is 6.08. The van der Waals surface area contributed by atoms with Gasteiger partial charge in [0.2, 0.25) is 0 Å². The number of aryl methyl sites for hydroxylation is 2. The van der Waals surface area contributed by atoms with Gasteiger partial charge in [-0.15, -0.1) is 0 Å². The third-order valence-corrected chi connectivity index (χ3v) is 2.71. The topological polar surface area (TPSA) is 38.0 Å². The normalized spacial score (nSPS) is 10.9. The zero-order valence-electron chi connectivity index (χ0n) is 8.76. The summed E-state index contributed by atoms with van der Waals surface area (Å²) in [7, 11) is 0. The van der Waals surface area contributed by atoms with Gasteiger partial charge in [0.15, 0.2) is 0 Å². The van der Waals surface area contributed by atoms with Crippen LogP contribution in [-0.2, 0) is 19.6 Å². The molecule has 0 saturated heterocycles. The van der Waals surface area contributed by atoms with Gasteiger partial charge in [0, 0.05) is 12.1 Å². The van der Waals surface area contributed by atoms with Crippen LogP contribution in [0.4, 0.5) is 0 Å². The van der Waals surface area contributed by atoms with E-state index in [1.54, 1.807) is 4.68 Å². The number of halogens is 1. The van der Waals surface area contributed by atoms with Gasteiger partial charge in [-0.1, -0.05) is 31.9 Å². The molecule has 3 nitrogen and oxygen atoms in total. The van der Waals surface area contributed by atoms with Gasteiger partial charge in [-0.2, -0.15) is 5.10 Å². The van der Waals surface area contributed by atoms with Crippen molar-refractivity contribution in [2.24, 2.45) is 0 Å². The molecule has 4 heteroatoms. The average molecular weight is 217 g/mol. The molecule has 0 aliphatic heterocycles. The number of aromatic nitrogens is 2. The van der Waals surface area contributed by atoms with E-state index < -0.39 is 0 Å². The van der Waals surface area contributed by atoms with Crippen molar-refractivity contribution in [2.75, 3.05) is 0 Å². The molecule has 0 aromatic carbocycles. The van der Waals surface area contributed by atoms with Crippen LogP contribution in [0.5, 0.6) is 0 Å². The summed E-state index contributed by atoms with van der Waals surface area (Å²) < 4.78 is 1.79. The van der Waals surface area contributed by atoms with Crippen molar-refractivity contribution in [1.29, 1.82) is 0 Å². The lowest BCUT2D eigenvalue weighted by molar-refractivity contribution is 0.280. The lowest BCUT2D eigenvalue weighted by Gasteiger charge is -2.00. The number of unbranched alkanes of at least 4 members (excludes halogenated alkanes) is 1. The maximum atomic E-state index is 9.13. The number of aliphatic hydroxyl groups excluding tert-OH is 1. The molecule has 14 heavy (non-hydrogen) atoms. The Kier molecular flexibility index (Phi) is 4.42. The summed E-state index contributed by atoms with van der Waals surface area (Å²) in [5, 5.41) is 14.1. The van der Waals surface area contributed by atoms with E-state index in [9.17, 15) is 0 Å². The Morgan fingerprint density at radius 2 is 2.14 bits per heavy atom. The highest BCUT2D eigenvalue weighted by atomic mass is 35.5. The van der Waals surface area contributed by atoms with Gasteiger partial charge in [0.25, 0.3) is 0 Å². The van der Waals surface area contributed by atoms with Crippen LogP contribution < -0.4 is 0 Å². The lowest BCUT2D eigenvalue weighted by Crippen LogP contribution is -2.00. The first-order chi connectivity index (χ1) is 6.74. The highest BCUT2D eigenvalue weighted by Gasteiger charge is 2.13. The monoisotopic (exact) mass is 216 g/mol. The minimum Gasteiger partial charge on any atom is -0.391 e. The largest absolute Gasteiger partial charge is 0.391 e. The molecule has 1 rings (SSSR count). The molecule has 0 aliphatic carbocycles. The number of aliphatic hydroxyl groups is 1. The van der Waals surface area contributed by atoms with Gasteiger partial charge >= 0.3 is 0 Å². The van der Waals surface area contributed by atoms with Crippen molar-refractivity contribution in [3.8, 4) is 0 Å². The second-order valence-electron chi connectivity index (χ2n) is 3.30. The molecular formula is C10H17ClN2O. The highest BCUT2D eigenvalue weighted by Crippen LogP contribution is 2.21. The molecule has 0 bridgehead atoms. The summed E-state index contributed by atoms with van der Waals surface area (Å²) in [4.78, 5) is 0. The molecule has 0 aliphatic rings. The molecule has 0 saturated carbocycles. The zero-order valence-corrected chi connectivity index (χ0v) is 9.51. The van der Waals surface area contributed by atoms with E-state index in [0.29, 0.717) is 5.15 Å². The van der Waals surface area contributed by atoms with E-state index in [2.05, 4.69) is 12.0 Å². The summed E-state index contributed by atoms with van der Waals surface area (Å²) in [6.45, 7) is 4.96. The van der Waals surface area contributed by atoms with E-state index in [1.807, 2.05) is 6.92 Å². The number of nitrogens with zero attached hydrogens (tertiary/aromatic N) is 2. The van der Waals surface area contributed by atoms with Crippen LogP contribution in [0.25, 0.3) is 0 Å². The van der Waals surface area contributed by atoms with Crippen LogP contribution in [-0.4, -0.2) is 14.9 Å². The van der Waals surface area contributed by atoms with Crippen molar-refractivity contribution < 1.29 is 5.11 Å². The molecule has 1 aromatic rings. The quantitative estimate of drug-likeness (QED) is 0.821. The van der Waals surface area contributed by atoms with Gasteiger partial charge in [-0.3, -0.25) is 4.68 Å². The fraction of sp³-hybridized carbons (Fsp3) is 0.700. The Morgan fingerprint density at radius 1 is 1.43 bits per heavy atom. The number of rotatable bonds is 5. The van der Waals surface area contributed by atoms with E-state index >= 15 is 0 Å². The second kappa shape index (κ2) is 5.37. The number of hydrogen-bond donors (Lipinski definition) is 1. The van der Waals surface area contributed by atoms with Crippen LogP contribution in [0.15, 0.2) is 0 Å². The first kappa shape index (κ1) is 11.5. The lowest BCUT2D eigenvalue weighted by atomic mass is 10.2. The predicted octanol–water partition coefficient (Wildman–Crippen LogP) is 2.39. The smallest absolute Gasteiger partial charge is 0.132 e. The predicted molar refractivity (Wildman–Crippen MR) is 57.4 cm³/mol. The Labute approximate surface area is 89.7 Å². The third kappa shape index (κ3) is 2.28. The molecule has 1 aromatic heterocycles. The molecule has 1 heterocycles. The molecular weight excluding hydrogens is 200 g/mol. The van der Waals surface area contributed by atoms with Gasteiger partial charge < -0.3 is 5.11 Å². The van der Waals surface area contributed by atoms with Crippen LogP contribution >= 0.6 is 11.6 Å². The minimum atomic E-state index is -0.0197. The molecule has 1 N–H and O–H groups in total. The van der Waals surface area contributed by atoms with Crippen molar-refractivity contribution in [3.63, 3.8) is 0 Å². The molecule has 0 fully saturated rings. The van der Waals surface area contributed by atoms with E-state index in [0.717, 1.165) is 37.1 Å². The fourth-order valence-corrected chi connectivity index (χ4v) is 1.71. The van der Waals surface area contributed by atoms with Crippen LogP contribution in [0.1, 0.15) is 37.9 Å². The summed E-state index contributed by atoms with van der Waals surface area (Å²) in [6.07, 6.45) is 3.00. The van der Waals surface area contributed by atoms with Gasteiger partial charge in [-0.05, 0) is 12.8 Å². The Bertz CT molecular complexity index is 297. The molecule has 0 radical (unpaired) electrons. The summed E-state index contributed by atoms with van der Waals surface area (Å²) in [5.74, 6) is 0. The standard InChI is InChI=1S/C10H17ClN2O/c1-3-5-6-13-10(11)8(7-14)9(4-2)12-13/h14H,3-7H2,1-2H3. The van der Waals surface area contributed by atoms with Gasteiger partial charge in [-0.25, -0.2) is 0 Å². The van der Waals surface area contributed by atoms with Crippen LogP contribution in [0.2, 0.25) is 5.15 Å². The molecule has 0 spiro atoms. The minimum absolute atomic E-state index is 0.0197. The molecule has 80 valence electrons. The maximum Gasteiger partial charge on any atom is 0.132 e. The number of hydrogen-bond acceptors (Lipinski definition) is 2. The van der Waals surface area contributed by atoms with Crippen molar-refractivity contribution >= 4 is 11.6 Å². The highest BCUT2D eigenvalue weighted by molar-refractivity contribution is 6.30. The Hall–Kier alpha value is -0.540. The third-order valence-electron chi connectivity index (χ3n) is 2.28. The molecule has 0 amide bonds. The van der Waals surface area contributed by atoms with Crippen molar-refractivity contribution in [3.05, 3.63) is 16.4 Å². The van der Waals surface area contributed by atoms with Gasteiger partial charge in [0.1, 0.15) is 5.15 Å². The van der Waals surface area contributed by atoms with E-state index in [4.69, 9.17) is 16.7 Å². The summed E-state index contributed by atoms with van der Waals surface area (Å²) in [6, 6.07) is 0. The SMILES string of the molecule is CCCCn1nc(CC)c(CO)c1Cl. The van der Waals surface area contributed by atoms with Crippen molar-refractivity contribution in [2.45, 2.75) is 46.3 Å². The van der Waals surface area contributed by atoms with Crippen LogP contribution in [0.3, 0.4) is 0 Å². The van der Waals surface area contributed by atoms with E-state index in [-0.39, 0.29) is 6.61 Å². The van der Waals surface area contributed by atoms with Gasteiger partial charge in [0.05, 0.1) is 12.3 Å². The van der Waals surface area contributed by atoms with Crippen LogP contribution in [0, 0.1) is 0 Å². The average Bonchev–Trinajstić information content (AvgIpc) is 2.51. The summed E-state index contributed by atoms with van der Waals surface area (Å²) in [5.41, 5.74) is 1.69. The van der Waals surface area contributed by atoms with Crippen molar-refractivity contribution in [1.82, 2.24) is 9.78 Å². The fourth-order valence-electron chi connectivity index (χ4n) is 1.42.